The average molecular weight is 315 g/mol. The number of carbonyl (C=O) groups excluding carboxylic acids is 1. The Hall–Kier alpha value is -0.280. The van der Waals surface area contributed by atoms with Crippen LogP contribution in [0.5, 0.6) is 0 Å². The molecular weight excluding hydrogens is 284 g/mol. The Labute approximate surface area is 135 Å². The van der Waals surface area contributed by atoms with Gasteiger partial charge in [-0.05, 0) is 69.9 Å². The molecule has 0 aromatic carbocycles. The Bertz CT molecular complexity index is 325. The van der Waals surface area contributed by atoms with Gasteiger partial charge in [-0.3, -0.25) is 4.79 Å². The molecule has 0 aromatic heterocycles. The lowest BCUT2D eigenvalue weighted by molar-refractivity contribution is -0.133. The third-order valence-corrected chi connectivity index (χ3v) is 5.79. The fourth-order valence-corrected chi connectivity index (χ4v) is 4.58. The van der Waals surface area contributed by atoms with Crippen LogP contribution in [0.2, 0.25) is 0 Å². The summed E-state index contributed by atoms with van der Waals surface area (Å²) in [7, 11) is 0. The van der Waals surface area contributed by atoms with E-state index in [1.807, 2.05) is 0 Å². The second kappa shape index (κ2) is 8.38. The summed E-state index contributed by atoms with van der Waals surface area (Å²) in [5.74, 6) is 2.06. The number of nitrogens with one attached hydrogen (secondary N) is 1. The molecule has 3 rings (SSSR count). The van der Waals surface area contributed by atoms with Crippen molar-refractivity contribution in [3.8, 4) is 0 Å². The minimum atomic E-state index is 0. The van der Waals surface area contributed by atoms with E-state index in [2.05, 4.69) is 10.2 Å². The predicted molar refractivity (Wildman–Crippen MR) is 88.8 cm³/mol. The van der Waals surface area contributed by atoms with E-state index in [0.717, 1.165) is 44.3 Å². The number of piperidine rings is 1. The predicted octanol–water partition coefficient (Wildman–Crippen LogP) is 3.37. The maximum Gasteiger partial charge on any atom is 0.222 e. The Balaban J connectivity index is 0.00000161. The van der Waals surface area contributed by atoms with Gasteiger partial charge >= 0.3 is 0 Å². The maximum atomic E-state index is 12.6. The van der Waals surface area contributed by atoms with Gasteiger partial charge in [0.1, 0.15) is 0 Å². The van der Waals surface area contributed by atoms with Crippen LogP contribution in [0.1, 0.15) is 64.2 Å². The summed E-state index contributed by atoms with van der Waals surface area (Å²) in [5.41, 5.74) is 0. The molecule has 2 heterocycles. The van der Waals surface area contributed by atoms with Gasteiger partial charge in [-0.15, -0.1) is 12.4 Å². The molecular formula is C17H31ClN2O. The van der Waals surface area contributed by atoms with Crippen LogP contribution in [0.25, 0.3) is 0 Å². The van der Waals surface area contributed by atoms with Gasteiger partial charge in [0.2, 0.25) is 5.91 Å². The van der Waals surface area contributed by atoms with Crippen molar-refractivity contribution in [3.63, 3.8) is 0 Å². The minimum absolute atomic E-state index is 0. The molecule has 1 N–H and O–H groups in total. The summed E-state index contributed by atoms with van der Waals surface area (Å²) in [5, 5.41) is 3.41. The van der Waals surface area contributed by atoms with E-state index in [1.54, 1.807) is 0 Å². The van der Waals surface area contributed by atoms with Crippen LogP contribution in [-0.2, 0) is 4.79 Å². The highest BCUT2D eigenvalue weighted by molar-refractivity contribution is 5.85. The zero-order chi connectivity index (χ0) is 13.8. The molecule has 1 atom stereocenters. The highest BCUT2D eigenvalue weighted by Crippen LogP contribution is 2.35. The number of amides is 1. The second-order valence-electron chi connectivity index (χ2n) is 7.07. The van der Waals surface area contributed by atoms with Crippen LogP contribution in [0.3, 0.4) is 0 Å². The third kappa shape index (κ3) is 4.35. The zero-order valence-corrected chi connectivity index (χ0v) is 14.0. The lowest BCUT2D eigenvalue weighted by Gasteiger charge is -2.30. The summed E-state index contributed by atoms with van der Waals surface area (Å²) in [4.78, 5) is 14.8. The number of likely N-dealkylation sites (tertiary alicyclic amines) is 1. The molecule has 3 nitrogen and oxygen atoms in total. The molecule has 0 radical (unpaired) electrons. The van der Waals surface area contributed by atoms with E-state index < -0.39 is 0 Å². The highest BCUT2D eigenvalue weighted by Gasteiger charge is 2.35. The lowest BCUT2D eigenvalue weighted by Crippen LogP contribution is -2.39. The molecule has 0 bridgehead atoms. The van der Waals surface area contributed by atoms with Crippen molar-refractivity contribution in [2.75, 3.05) is 19.6 Å². The molecule has 1 aliphatic carbocycles. The van der Waals surface area contributed by atoms with Gasteiger partial charge in [-0.2, -0.15) is 0 Å². The van der Waals surface area contributed by atoms with Gasteiger partial charge in [-0.1, -0.05) is 12.8 Å². The van der Waals surface area contributed by atoms with Crippen LogP contribution in [0.4, 0.5) is 0 Å². The number of nitrogens with zero attached hydrogens (tertiary/aromatic N) is 1. The van der Waals surface area contributed by atoms with Crippen molar-refractivity contribution in [3.05, 3.63) is 0 Å². The van der Waals surface area contributed by atoms with Crippen molar-refractivity contribution in [1.82, 2.24) is 10.2 Å². The molecule has 1 amide bonds. The summed E-state index contributed by atoms with van der Waals surface area (Å²) in [6.45, 7) is 3.33. The first-order valence-corrected chi connectivity index (χ1v) is 8.85. The summed E-state index contributed by atoms with van der Waals surface area (Å²) >= 11 is 0. The van der Waals surface area contributed by atoms with Gasteiger partial charge in [-0.25, -0.2) is 0 Å². The van der Waals surface area contributed by atoms with Gasteiger partial charge in [0.05, 0.1) is 0 Å². The zero-order valence-electron chi connectivity index (χ0n) is 13.2. The molecule has 0 spiro atoms. The molecule has 1 saturated carbocycles. The maximum absolute atomic E-state index is 12.6. The topological polar surface area (TPSA) is 32.3 Å². The summed E-state index contributed by atoms with van der Waals surface area (Å²) < 4.78 is 0. The minimum Gasteiger partial charge on any atom is -0.339 e. The standard InChI is InChI=1S/C17H30N2O.ClH/c20-17(8-7-14-9-11-18-12-10-14)19-13-3-6-16(19)15-4-1-2-5-15;/h14-16,18H,1-13H2;1H. The van der Waals surface area contributed by atoms with Gasteiger partial charge in [0, 0.05) is 19.0 Å². The molecule has 2 aliphatic heterocycles. The molecule has 1 unspecified atom stereocenters. The fourth-order valence-electron chi connectivity index (χ4n) is 4.58. The first-order chi connectivity index (χ1) is 9.84. The van der Waals surface area contributed by atoms with Crippen LogP contribution >= 0.6 is 12.4 Å². The van der Waals surface area contributed by atoms with Crippen molar-refractivity contribution in [1.29, 1.82) is 0 Å². The number of rotatable bonds is 4. The molecule has 4 heteroatoms. The Kier molecular flexibility index (Phi) is 6.81. The summed E-state index contributed by atoms with van der Waals surface area (Å²) in [6, 6.07) is 0.595. The van der Waals surface area contributed by atoms with Crippen molar-refractivity contribution < 1.29 is 4.79 Å². The van der Waals surface area contributed by atoms with E-state index in [-0.39, 0.29) is 12.4 Å². The quantitative estimate of drug-likeness (QED) is 0.863. The van der Waals surface area contributed by atoms with Gasteiger partial charge < -0.3 is 10.2 Å². The number of hydrogen-bond donors (Lipinski definition) is 1. The Morgan fingerprint density at radius 2 is 1.71 bits per heavy atom. The Morgan fingerprint density at radius 3 is 2.43 bits per heavy atom. The lowest BCUT2D eigenvalue weighted by atomic mass is 9.92. The molecule has 3 fully saturated rings. The smallest absolute Gasteiger partial charge is 0.222 e. The molecule has 2 saturated heterocycles. The largest absolute Gasteiger partial charge is 0.339 e. The molecule has 3 aliphatic rings. The Morgan fingerprint density at radius 1 is 1.00 bits per heavy atom. The number of hydrogen-bond acceptors (Lipinski definition) is 2. The van der Waals surface area contributed by atoms with E-state index in [1.165, 1.54) is 51.4 Å². The van der Waals surface area contributed by atoms with Crippen molar-refractivity contribution >= 4 is 18.3 Å². The molecule has 21 heavy (non-hydrogen) atoms. The van der Waals surface area contributed by atoms with Crippen LogP contribution in [0.15, 0.2) is 0 Å². The van der Waals surface area contributed by atoms with Crippen molar-refractivity contribution in [2.24, 2.45) is 11.8 Å². The highest BCUT2D eigenvalue weighted by atomic mass is 35.5. The average Bonchev–Trinajstić information content (AvgIpc) is 3.15. The van der Waals surface area contributed by atoms with E-state index in [9.17, 15) is 4.79 Å². The van der Waals surface area contributed by atoms with Crippen molar-refractivity contribution in [2.45, 2.75) is 70.3 Å². The fraction of sp³-hybridized carbons (Fsp3) is 0.941. The first kappa shape index (κ1) is 17.1. The summed E-state index contributed by atoms with van der Waals surface area (Å²) in [6.07, 6.45) is 12.5. The number of carbonyl (C=O) groups is 1. The number of halogens is 1. The first-order valence-electron chi connectivity index (χ1n) is 8.85. The van der Waals surface area contributed by atoms with Crippen LogP contribution in [-0.4, -0.2) is 36.5 Å². The second-order valence-corrected chi connectivity index (χ2v) is 7.07. The van der Waals surface area contributed by atoms with E-state index in [0.29, 0.717) is 11.9 Å². The normalized spacial score (nSPS) is 27.8. The van der Waals surface area contributed by atoms with Crippen LogP contribution < -0.4 is 5.32 Å². The van der Waals surface area contributed by atoms with Gasteiger partial charge in [0.25, 0.3) is 0 Å². The monoisotopic (exact) mass is 314 g/mol. The van der Waals surface area contributed by atoms with Gasteiger partial charge in [0.15, 0.2) is 0 Å². The van der Waals surface area contributed by atoms with E-state index >= 15 is 0 Å². The molecule has 0 aromatic rings. The SMILES string of the molecule is Cl.O=C(CCC1CCNCC1)N1CCCC1C1CCCC1. The molecule has 122 valence electrons. The third-order valence-electron chi connectivity index (χ3n) is 5.79. The van der Waals surface area contributed by atoms with E-state index in [4.69, 9.17) is 0 Å². The van der Waals surface area contributed by atoms with Crippen LogP contribution in [0, 0.1) is 11.8 Å².